The van der Waals surface area contributed by atoms with Crippen molar-refractivity contribution in [3.8, 4) is 0 Å². The molecule has 0 aliphatic carbocycles. The lowest BCUT2D eigenvalue weighted by Crippen LogP contribution is -2.40. The van der Waals surface area contributed by atoms with E-state index >= 15 is 0 Å². The largest absolute Gasteiger partial charge is 0.417 e. The molecule has 0 aliphatic heterocycles. The van der Waals surface area contributed by atoms with Crippen LogP contribution in [0.3, 0.4) is 0 Å². The molecule has 2 heteroatoms. The van der Waals surface area contributed by atoms with E-state index < -0.39 is 8.32 Å². The fourth-order valence-corrected chi connectivity index (χ4v) is 2.25. The number of hydrogen-bond acceptors (Lipinski definition) is 1. The van der Waals surface area contributed by atoms with Crippen LogP contribution >= 0.6 is 0 Å². The van der Waals surface area contributed by atoms with E-state index in [4.69, 9.17) is 4.43 Å². The second-order valence-electron chi connectivity index (χ2n) is 6.09. The summed E-state index contributed by atoms with van der Waals surface area (Å²) in [6.07, 6.45) is 14.7. The molecule has 0 amide bonds. The summed E-state index contributed by atoms with van der Waals surface area (Å²) < 4.78 is 6.11. The first-order valence-electron chi connectivity index (χ1n) is 6.90. The Morgan fingerprint density at radius 1 is 1.00 bits per heavy atom. The summed E-state index contributed by atoms with van der Waals surface area (Å²) in [4.78, 5) is 0. The van der Waals surface area contributed by atoms with Gasteiger partial charge in [0, 0.05) is 6.61 Å². The van der Waals surface area contributed by atoms with Gasteiger partial charge in [0.1, 0.15) is 0 Å². The first kappa shape index (κ1) is 17.4. The lowest BCUT2D eigenvalue weighted by atomic mass is 10.2. The molecule has 0 heterocycles. The SMILES string of the molecule is C/C=C/C=C/C=C/CCCO[Si](C)(C)C(C)(C)C. The Balaban J connectivity index is 3.75. The topological polar surface area (TPSA) is 9.23 Å². The average Bonchev–Trinajstić information content (AvgIpc) is 2.25. The third-order valence-electron chi connectivity index (χ3n) is 3.45. The van der Waals surface area contributed by atoms with Crippen LogP contribution in [0.4, 0.5) is 0 Å². The smallest absolute Gasteiger partial charge is 0.191 e. The predicted octanol–water partition coefficient (Wildman–Crippen LogP) is 5.48. The van der Waals surface area contributed by atoms with Crippen LogP contribution in [-0.2, 0) is 4.43 Å². The molecule has 0 rings (SSSR count). The maximum Gasteiger partial charge on any atom is 0.191 e. The Bertz CT molecular complexity index is 293. The molecule has 0 fully saturated rings. The third-order valence-corrected chi connectivity index (χ3v) is 7.98. The van der Waals surface area contributed by atoms with Gasteiger partial charge in [-0.05, 0) is 37.9 Å². The fraction of sp³-hybridized carbons (Fsp3) is 0.625. The average molecular weight is 267 g/mol. The van der Waals surface area contributed by atoms with Crippen molar-refractivity contribution < 1.29 is 4.43 Å². The molecule has 0 unspecified atom stereocenters. The van der Waals surface area contributed by atoms with E-state index in [1.54, 1.807) is 0 Å². The zero-order valence-corrected chi connectivity index (χ0v) is 14.0. The van der Waals surface area contributed by atoms with Gasteiger partial charge in [-0.15, -0.1) is 0 Å². The number of rotatable bonds is 7. The van der Waals surface area contributed by atoms with Gasteiger partial charge in [0.2, 0.25) is 0 Å². The van der Waals surface area contributed by atoms with E-state index in [1.807, 2.05) is 25.2 Å². The highest BCUT2D eigenvalue weighted by atomic mass is 28.4. The molecule has 0 N–H and O–H groups in total. The highest BCUT2D eigenvalue weighted by Gasteiger charge is 2.36. The molecule has 0 aliphatic rings. The second kappa shape index (κ2) is 8.49. The summed E-state index contributed by atoms with van der Waals surface area (Å²) in [5, 5.41) is 0.318. The quantitative estimate of drug-likeness (QED) is 0.337. The van der Waals surface area contributed by atoms with Crippen molar-refractivity contribution in [1.29, 1.82) is 0 Å². The minimum atomic E-state index is -1.54. The molecule has 0 aromatic rings. The summed E-state index contributed by atoms with van der Waals surface area (Å²) in [5.41, 5.74) is 0. The van der Waals surface area contributed by atoms with E-state index in [0.717, 1.165) is 19.4 Å². The predicted molar refractivity (Wildman–Crippen MR) is 85.5 cm³/mol. The molecule has 18 heavy (non-hydrogen) atoms. The normalized spacial score (nSPS) is 14.3. The Labute approximate surface area is 115 Å². The number of hydrogen-bond donors (Lipinski definition) is 0. The van der Waals surface area contributed by atoms with Gasteiger partial charge in [0.05, 0.1) is 0 Å². The summed E-state index contributed by atoms with van der Waals surface area (Å²) in [7, 11) is -1.54. The van der Waals surface area contributed by atoms with Crippen molar-refractivity contribution >= 4 is 8.32 Å². The van der Waals surface area contributed by atoms with E-state index in [-0.39, 0.29) is 0 Å². The van der Waals surface area contributed by atoms with Gasteiger partial charge >= 0.3 is 0 Å². The molecular weight excluding hydrogens is 236 g/mol. The van der Waals surface area contributed by atoms with Crippen LogP contribution in [-0.4, -0.2) is 14.9 Å². The van der Waals surface area contributed by atoms with Gasteiger partial charge in [0.15, 0.2) is 8.32 Å². The van der Waals surface area contributed by atoms with Crippen molar-refractivity contribution in [3.05, 3.63) is 36.5 Å². The van der Waals surface area contributed by atoms with Gasteiger partial charge in [0.25, 0.3) is 0 Å². The van der Waals surface area contributed by atoms with Crippen molar-refractivity contribution in [2.45, 2.75) is 58.7 Å². The molecule has 0 atom stereocenters. The highest BCUT2D eigenvalue weighted by Crippen LogP contribution is 2.36. The standard InChI is InChI=1S/C16H30OSi/c1-7-8-9-10-11-12-13-14-15-17-18(5,6)16(2,3)4/h7-12H,13-15H2,1-6H3/b8-7+,10-9+,12-11+. The molecule has 1 nitrogen and oxygen atoms in total. The zero-order valence-electron chi connectivity index (χ0n) is 13.0. The van der Waals surface area contributed by atoms with Crippen LogP contribution in [0.1, 0.15) is 40.5 Å². The van der Waals surface area contributed by atoms with Crippen LogP contribution in [0, 0.1) is 0 Å². The van der Waals surface area contributed by atoms with E-state index in [2.05, 4.69) is 52.1 Å². The number of unbranched alkanes of at least 4 members (excludes halogenated alkanes) is 1. The molecule has 0 aromatic carbocycles. The molecule has 104 valence electrons. The first-order valence-corrected chi connectivity index (χ1v) is 9.80. The van der Waals surface area contributed by atoms with Gasteiger partial charge in [-0.1, -0.05) is 57.2 Å². The maximum absolute atomic E-state index is 6.11. The van der Waals surface area contributed by atoms with Crippen molar-refractivity contribution in [2.75, 3.05) is 6.61 Å². The van der Waals surface area contributed by atoms with Crippen LogP contribution in [0.15, 0.2) is 36.5 Å². The van der Waals surface area contributed by atoms with E-state index in [0.29, 0.717) is 5.04 Å². The van der Waals surface area contributed by atoms with Crippen LogP contribution in [0.5, 0.6) is 0 Å². The third kappa shape index (κ3) is 7.67. The van der Waals surface area contributed by atoms with Crippen molar-refractivity contribution in [3.63, 3.8) is 0 Å². The molecule has 0 radical (unpaired) electrons. The summed E-state index contributed by atoms with van der Waals surface area (Å²) in [6.45, 7) is 14.4. The maximum atomic E-state index is 6.11. The van der Waals surface area contributed by atoms with Crippen LogP contribution in [0.2, 0.25) is 18.1 Å². The minimum absolute atomic E-state index is 0.318. The van der Waals surface area contributed by atoms with Gasteiger partial charge in [-0.25, -0.2) is 0 Å². The zero-order chi connectivity index (χ0) is 14.1. The molecular formula is C16H30OSi. The minimum Gasteiger partial charge on any atom is -0.417 e. The molecule has 0 saturated carbocycles. The molecule has 0 bridgehead atoms. The summed E-state index contributed by atoms with van der Waals surface area (Å²) in [5.74, 6) is 0. The van der Waals surface area contributed by atoms with Gasteiger partial charge in [-0.2, -0.15) is 0 Å². The number of allylic oxidation sites excluding steroid dienone is 6. The summed E-state index contributed by atoms with van der Waals surface area (Å²) in [6, 6.07) is 0. The molecule has 0 aromatic heterocycles. The Morgan fingerprint density at radius 3 is 2.17 bits per heavy atom. The Kier molecular flexibility index (Phi) is 8.21. The molecule has 0 spiro atoms. The molecule has 0 saturated heterocycles. The second-order valence-corrected chi connectivity index (χ2v) is 10.9. The Morgan fingerprint density at radius 2 is 1.61 bits per heavy atom. The highest BCUT2D eigenvalue weighted by molar-refractivity contribution is 6.74. The monoisotopic (exact) mass is 266 g/mol. The van der Waals surface area contributed by atoms with Crippen LogP contribution < -0.4 is 0 Å². The van der Waals surface area contributed by atoms with E-state index in [9.17, 15) is 0 Å². The lowest BCUT2D eigenvalue weighted by molar-refractivity contribution is 0.283. The van der Waals surface area contributed by atoms with Crippen molar-refractivity contribution in [2.24, 2.45) is 0 Å². The van der Waals surface area contributed by atoms with Crippen molar-refractivity contribution in [1.82, 2.24) is 0 Å². The van der Waals surface area contributed by atoms with Crippen LogP contribution in [0.25, 0.3) is 0 Å². The van der Waals surface area contributed by atoms with Gasteiger partial charge < -0.3 is 4.43 Å². The lowest BCUT2D eigenvalue weighted by Gasteiger charge is -2.36. The fourth-order valence-electron chi connectivity index (χ4n) is 1.16. The first-order chi connectivity index (χ1) is 8.31. The van der Waals surface area contributed by atoms with Gasteiger partial charge in [-0.3, -0.25) is 0 Å². The van der Waals surface area contributed by atoms with E-state index in [1.165, 1.54) is 0 Å². The Hall–Kier alpha value is -0.603. The summed E-state index contributed by atoms with van der Waals surface area (Å²) >= 11 is 0.